The standard InChI is InChI=1S/C26H24FN3O3S/c1-19-8-7-11-21(18-19)34(31,32)25-26(33-24(28-25)20-9-3-2-4-10-20)30-16-14-29(15-17-30)23-13-6-5-12-22(23)27/h2-13,18H,14-17H2,1H3. The first kappa shape index (κ1) is 22.2. The van der Waals surface area contributed by atoms with E-state index in [9.17, 15) is 12.8 Å². The predicted octanol–water partition coefficient (Wildman–Crippen LogP) is 4.95. The van der Waals surface area contributed by atoms with Gasteiger partial charge in [0.2, 0.25) is 26.6 Å². The second kappa shape index (κ2) is 8.95. The van der Waals surface area contributed by atoms with Gasteiger partial charge in [-0.15, -0.1) is 0 Å². The van der Waals surface area contributed by atoms with Crippen LogP contribution in [0.15, 0.2) is 93.2 Å². The molecule has 4 aromatic rings. The highest BCUT2D eigenvalue weighted by molar-refractivity contribution is 7.91. The van der Waals surface area contributed by atoms with Crippen molar-refractivity contribution in [3.8, 4) is 11.5 Å². The Hall–Kier alpha value is -3.65. The van der Waals surface area contributed by atoms with Gasteiger partial charge in [-0.2, -0.15) is 4.98 Å². The van der Waals surface area contributed by atoms with Crippen molar-refractivity contribution in [3.05, 3.63) is 90.2 Å². The van der Waals surface area contributed by atoms with Crippen LogP contribution in [0.4, 0.5) is 16.0 Å². The van der Waals surface area contributed by atoms with Crippen LogP contribution in [0, 0.1) is 12.7 Å². The molecule has 1 fully saturated rings. The molecule has 2 heterocycles. The zero-order valence-corrected chi connectivity index (χ0v) is 19.5. The maximum atomic E-state index is 14.3. The number of piperazine rings is 1. The van der Waals surface area contributed by atoms with Crippen LogP contribution in [0.3, 0.4) is 0 Å². The fourth-order valence-corrected chi connectivity index (χ4v) is 5.56. The molecule has 0 amide bonds. The molecule has 0 radical (unpaired) electrons. The van der Waals surface area contributed by atoms with Gasteiger partial charge in [-0.1, -0.05) is 42.5 Å². The Bertz CT molecular complexity index is 1410. The van der Waals surface area contributed by atoms with Crippen molar-refractivity contribution < 1.29 is 17.2 Å². The number of aryl methyl sites for hydroxylation is 1. The normalized spacial score (nSPS) is 14.4. The molecule has 1 saturated heterocycles. The zero-order valence-electron chi connectivity index (χ0n) is 18.7. The van der Waals surface area contributed by atoms with Crippen LogP contribution >= 0.6 is 0 Å². The molecule has 6 nitrogen and oxygen atoms in total. The number of benzene rings is 3. The summed E-state index contributed by atoms with van der Waals surface area (Å²) in [5.74, 6) is 0.191. The van der Waals surface area contributed by atoms with Crippen molar-refractivity contribution in [1.29, 1.82) is 0 Å². The van der Waals surface area contributed by atoms with Crippen molar-refractivity contribution in [1.82, 2.24) is 4.98 Å². The maximum absolute atomic E-state index is 14.3. The van der Waals surface area contributed by atoms with Crippen LogP contribution in [-0.2, 0) is 9.84 Å². The Balaban J connectivity index is 1.52. The summed E-state index contributed by atoms with van der Waals surface area (Å²) in [5.41, 5.74) is 2.07. The number of nitrogens with zero attached hydrogens (tertiary/aromatic N) is 3. The van der Waals surface area contributed by atoms with Crippen molar-refractivity contribution >= 4 is 21.4 Å². The fraction of sp³-hybridized carbons (Fsp3) is 0.192. The summed E-state index contributed by atoms with van der Waals surface area (Å²) in [4.78, 5) is 8.46. The monoisotopic (exact) mass is 477 g/mol. The molecule has 8 heteroatoms. The average molecular weight is 478 g/mol. The second-order valence-corrected chi connectivity index (χ2v) is 10.1. The number of hydrogen-bond donors (Lipinski definition) is 0. The van der Waals surface area contributed by atoms with Crippen molar-refractivity contribution in [2.24, 2.45) is 0 Å². The van der Waals surface area contributed by atoms with E-state index in [1.165, 1.54) is 6.07 Å². The molecule has 1 aliphatic rings. The number of oxazole rings is 1. The summed E-state index contributed by atoms with van der Waals surface area (Å²) in [6.45, 7) is 3.82. The first-order valence-corrected chi connectivity index (χ1v) is 12.5. The third-order valence-corrected chi connectivity index (χ3v) is 7.56. The fourth-order valence-electron chi connectivity index (χ4n) is 4.13. The molecule has 0 N–H and O–H groups in total. The minimum absolute atomic E-state index is 0.101. The number of para-hydroxylation sites is 1. The van der Waals surface area contributed by atoms with E-state index in [2.05, 4.69) is 4.98 Å². The highest BCUT2D eigenvalue weighted by Crippen LogP contribution is 2.35. The van der Waals surface area contributed by atoms with Gasteiger partial charge in [0.05, 0.1) is 10.6 Å². The van der Waals surface area contributed by atoms with E-state index in [1.54, 1.807) is 36.4 Å². The SMILES string of the molecule is Cc1cccc(S(=O)(=O)c2nc(-c3ccccc3)oc2N2CCN(c3ccccc3F)CC2)c1. The summed E-state index contributed by atoms with van der Waals surface area (Å²) < 4.78 is 47.6. The van der Waals surface area contributed by atoms with Crippen LogP contribution in [-0.4, -0.2) is 39.6 Å². The zero-order chi connectivity index (χ0) is 23.7. The Morgan fingerprint density at radius 3 is 2.24 bits per heavy atom. The Labute approximate surface area is 198 Å². The predicted molar refractivity (Wildman–Crippen MR) is 129 cm³/mol. The van der Waals surface area contributed by atoms with E-state index in [4.69, 9.17) is 4.42 Å². The summed E-state index contributed by atoms with van der Waals surface area (Å²) in [6, 6.07) is 22.7. The lowest BCUT2D eigenvalue weighted by Gasteiger charge is -2.36. The molecule has 3 aromatic carbocycles. The summed E-state index contributed by atoms with van der Waals surface area (Å²) in [7, 11) is -3.92. The van der Waals surface area contributed by atoms with E-state index >= 15 is 0 Å². The van der Waals surface area contributed by atoms with Gasteiger partial charge in [-0.25, -0.2) is 12.8 Å². The van der Waals surface area contributed by atoms with Crippen LogP contribution in [0.1, 0.15) is 5.56 Å². The van der Waals surface area contributed by atoms with E-state index in [1.807, 2.05) is 53.1 Å². The van der Waals surface area contributed by atoms with Gasteiger partial charge in [0.15, 0.2) is 0 Å². The number of aromatic nitrogens is 1. The lowest BCUT2D eigenvalue weighted by atomic mass is 10.2. The minimum Gasteiger partial charge on any atom is -0.419 e. The van der Waals surface area contributed by atoms with Crippen LogP contribution in [0.5, 0.6) is 0 Å². The van der Waals surface area contributed by atoms with E-state index in [0.717, 1.165) is 5.56 Å². The molecule has 0 unspecified atom stereocenters. The van der Waals surface area contributed by atoms with Gasteiger partial charge in [-0.3, -0.25) is 0 Å². The maximum Gasteiger partial charge on any atom is 0.236 e. The summed E-state index contributed by atoms with van der Waals surface area (Å²) in [5, 5.41) is -0.101. The molecule has 0 saturated carbocycles. The van der Waals surface area contributed by atoms with Gasteiger partial charge in [0, 0.05) is 31.7 Å². The first-order valence-electron chi connectivity index (χ1n) is 11.1. The molecule has 34 heavy (non-hydrogen) atoms. The Morgan fingerprint density at radius 1 is 0.853 bits per heavy atom. The van der Waals surface area contributed by atoms with Gasteiger partial charge in [0.1, 0.15) is 5.82 Å². The highest BCUT2D eigenvalue weighted by atomic mass is 32.2. The van der Waals surface area contributed by atoms with Gasteiger partial charge in [0.25, 0.3) is 0 Å². The molecule has 1 aliphatic heterocycles. The quantitative estimate of drug-likeness (QED) is 0.405. The topological polar surface area (TPSA) is 66.7 Å². The summed E-state index contributed by atoms with van der Waals surface area (Å²) >= 11 is 0. The number of halogens is 1. The lowest BCUT2D eigenvalue weighted by Crippen LogP contribution is -2.47. The molecular formula is C26H24FN3O3S. The van der Waals surface area contributed by atoms with Crippen LogP contribution in [0.25, 0.3) is 11.5 Å². The molecule has 0 atom stereocenters. The molecule has 0 bridgehead atoms. The van der Waals surface area contributed by atoms with E-state index < -0.39 is 9.84 Å². The number of hydrogen-bond acceptors (Lipinski definition) is 6. The molecule has 5 rings (SSSR count). The van der Waals surface area contributed by atoms with Gasteiger partial charge in [-0.05, 0) is 48.9 Å². The Morgan fingerprint density at radius 2 is 1.53 bits per heavy atom. The minimum atomic E-state index is -3.92. The smallest absolute Gasteiger partial charge is 0.236 e. The largest absolute Gasteiger partial charge is 0.419 e. The van der Waals surface area contributed by atoms with Crippen LogP contribution in [0.2, 0.25) is 0 Å². The van der Waals surface area contributed by atoms with Crippen molar-refractivity contribution in [2.75, 3.05) is 36.0 Å². The molecule has 0 spiro atoms. The number of sulfone groups is 1. The average Bonchev–Trinajstić information content (AvgIpc) is 3.32. The third kappa shape index (κ3) is 4.17. The Kier molecular flexibility index (Phi) is 5.83. The summed E-state index contributed by atoms with van der Waals surface area (Å²) in [6.07, 6.45) is 0. The number of anilines is 2. The number of rotatable bonds is 5. The third-order valence-electron chi connectivity index (χ3n) is 5.91. The van der Waals surface area contributed by atoms with E-state index in [0.29, 0.717) is 37.4 Å². The molecule has 0 aliphatic carbocycles. The van der Waals surface area contributed by atoms with Crippen LogP contribution < -0.4 is 9.80 Å². The van der Waals surface area contributed by atoms with Crippen molar-refractivity contribution in [3.63, 3.8) is 0 Å². The van der Waals surface area contributed by atoms with E-state index in [-0.39, 0.29) is 27.5 Å². The molecular weight excluding hydrogens is 453 g/mol. The molecule has 174 valence electrons. The lowest BCUT2D eigenvalue weighted by molar-refractivity contribution is 0.522. The molecule has 1 aromatic heterocycles. The second-order valence-electron chi connectivity index (χ2n) is 8.24. The van der Waals surface area contributed by atoms with Gasteiger partial charge >= 0.3 is 0 Å². The van der Waals surface area contributed by atoms with Gasteiger partial charge < -0.3 is 14.2 Å². The van der Waals surface area contributed by atoms with Crippen molar-refractivity contribution in [2.45, 2.75) is 16.8 Å². The highest BCUT2D eigenvalue weighted by Gasteiger charge is 2.33. The first-order chi connectivity index (χ1) is 16.4.